The number of halogens is 1. The number of anilines is 1. The maximum Gasteiger partial charge on any atom is 0.319 e. The number of nitriles is 1. The van der Waals surface area contributed by atoms with Gasteiger partial charge in [-0.3, -0.25) is 4.57 Å². The topological polar surface area (TPSA) is 95.6 Å². The van der Waals surface area contributed by atoms with Gasteiger partial charge in [0.1, 0.15) is 5.82 Å². The maximum atomic E-state index is 13.2. The lowest BCUT2D eigenvalue weighted by Crippen LogP contribution is -2.29. The van der Waals surface area contributed by atoms with Crippen molar-refractivity contribution < 1.29 is 9.18 Å². The van der Waals surface area contributed by atoms with Crippen LogP contribution in [0, 0.1) is 24.1 Å². The lowest BCUT2D eigenvalue weighted by Gasteiger charge is -2.12. The largest absolute Gasteiger partial charge is 0.331 e. The Morgan fingerprint density at radius 2 is 1.74 bits per heavy atom. The second-order valence-corrected chi connectivity index (χ2v) is 8.42. The quantitative estimate of drug-likeness (QED) is 0.361. The van der Waals surface area contributed by atoms with E-state index in [9.17, 15) is 9.18 Å². The van der Waals surface area contributed by atoms with Gasteiger partial charge >= 0.3 is 6.03 Å². The summed E-state index contributed by atoms with van der Waals surface area (Å²) in [6.45, 7) is 2.16. The van der Waals surface area contributed by atoms with Gasteiger partial charge in [0.15, 0.2) is 11.0 Å². The predicted molar refractivity (Wildman–Crippen MR) is 129 cm³/mol. The molecule has 2 amide bonds. The van der Waals surface area contributed by atoms with Crippen LogP contribution in [0.15, 0.2) is 78.0 Å². The van der Waals surface area contributed by atoms with E-state index in [4.69, 9.17) is 5.26 Å². The molecule has 4 rings (SSSR count). The van der Waals surface area contributed by atoms with E-state index in [1.54, 1.807) is 36.4 Å². The van der Waals surface area contributed by atoms with Crippen LogP contribution >= 0.6 is 11.8 Å². The van der Waals surface area contributed by atoms with Gasteiger partial charge in [0.05, 0.1) is 18.2 Å². The number of amides is 2. The summed E-state index contributed by atoms with van der Waals surface area (Å²) in [5, 5.41) is 23.7. The fourth-order valence-electron chi connectivity index (χ4n) is 3.15. The Morgan fingerprint density at radius 1 is 1.03 bits per heavy atom. The Bertz CT molecular complexity index is 1310. The number of aryl methyl sites for hydroxylation is 1. The number of nitrogens with zero attached hydrogens (tertiary/aromatic N) is 4. The molecule has 170 valence electrons. The molecule has 0 unspecified atom stereocenters. The minimum atomic E-state index is -0.399. The third-order valence-electron chi connectivity index (χ3n) is 4.95. The molecule has 9 heteroatoms. The highest BCUT2D eigenvalue weighted by atomic mass is 32.2. The van der Waals surface area contributed by atoms with Crippen molar-refractivity contribution >= 4 is 23.5 Å². The van der Waals surface area contributed by atoms with Gasteiger partial charge < -0.3 is 10.6 Å². The van der Waals surface area contributed by atoms with E-state index < -0.39 is 6.03 Å². The van der Waals surface area contributed by atoms with Crippen molar-refractivity contribution in [2.24, 2.45) is 0 Å². The van der Waals surface area contributed by atoms with E-state index in [0.29, 0.717) is 28.0 Å². The summed E-state index contributed by atoms with van der Waals surface area (Å²) >= 11 is 1.48. The lowest BCUT2D eigenvalue weighted by atomic mass is 10.2. The molecule has 1 heterocycles. The number of nitrogens with one attached hydrogen (secondary N) is 2. The molecular weight excluding hydrogens is 451 g/mol. The van der Waals surface area contributed by atoms with Crippen LogP contribution in [-0.2, 0) is 12.3 Å². The van der Waals surface area contributed by atoms with E-state index in [1.165, 1.54) is 23.9 Å². The molecule has 0 saturated carbocycles. The van der Waals surface area contributed by atoms with Crippen LogP contribution < -0.4 is 10.6 Å². The van der Waals surface area contributed by atoms with E-state index in [-0.39, 0.29) is 12.4 Å². The molecule has 0 aliphatic carbocycles. The van der Waals surface area contributed by atoms with Crippen LogP contribution in [0.2, 0.25) is 0 Å². The standard InChI is InChI=1S/C25H21FN6OS/c1-17-2-12-22(13-3-17)32-23(15-28-24(33)29-21-10-6-18(14-27)7-11-21)30-31-25(32)34-16-19-4-8-20(26)9-5-19/h2-13H,15-16H2,1H3,(H2,28,29,33). The molecule has 0 spiro atoms. The minimum Gasteiger partial charge on any atom is -0.331 e. The van der Waals surface area contributed by atoms with Crippen LogP contribution in [0.1, 0.15) is 22.5 Å². The zero-order valence-corrected chi connectivity index (χ0v) is 19.1. The molecule has 0 radical (unpaired) electrons. The van der Waals surface area contributed by atoms with Gasteiger partial charge in [0.25, 0.3) is 0 Å². The number of hydrogen-bond acceptors (Lipinski definition) is 5. The van der Waals surface area contributed by atoms with Crippen molar-refractivity contribution in [3.05, 3.63) is 101 Å². The maximum absolute atomic E-state index is 13.2. The van der Waals surface area contributed by atoms with Crippen molar-refractivity contribution in [2.45, 2.75) is 24.4 Å². The second kappa shape index (κ2) is 10.6. The van der Waals surface area contributed by atoms with Crippen molar-refractivity contribution in [3.63, 3.8) is 0 Å². The number of carbonyl (C=O) groups excluding carboxylic acids is 1. The molecule has 2 N–H and O–H groups in total. The number of urea groups is 1. The van der Waals surface area contributed by atoms with E-state index in [2.05, 4.69) is 20.8 Å². The van der Waals surface area contributed by atoms with Gasteiger partial charge in [-0.15, -0.1) is 10.2 Å². The lowest BCUT2D eigenvalue weighted by molar-refractivity contribution is 0.251. The summed E-state index contributed by atoms with van der Waals surface area (Å²) < 4.78 is 15.1. The van der Waals surface area contributed by atoms with E-state index >= 15 is 0 Å². The minimum absolute atomic E-state index is 0.153. The van der Waals surface area contributed by atoms with Gasteiger partial charge in [-0.25, -0.2) is 9.18 Å². The Hall–Kier alpha value is -4.16. The molecule has 0 fully saturated rings. The van der Waals surface area contributed by atoms with E-state index in [1.807, 2.05) is 41.8 Å². The highest BCUT2D eigenvalue weighted by Gasteiger charge is 2.16. The van der Waals surface area contributed by atoms with Gasteiger partial charge in [-0.2, -0.15) is 5.26 Å². The number of aromatic nitrogens is 3. The highest BCUT2D eigenvalue weighted by molar-refractivity contribution is 7.98. The first kappa shape index (κ1) is 23.0. The Balaban J connectivity index is 1.49. The van der Waals surface area contributed by atoms with Crippen molar-refractivity contribution in [1.82, 2.24) is 20.1 Å². The van der Waals surface area contributed by atoms with E-state index in [0.717, 1.165) is 16.8 Å². The van der Waals surface area contributed by atoms with Gasteiger partial charge in [0.2, 0.25) is 0 Å². The summed E-state index contributed by atoms with van der Waals surface area (Å²) in [5.41, 5.74) is 4.06. The first-order valence-corrected chi connectivity index (χ1v) is 11.4. The zero-order valence-electron chi connectivity index (χ0n) is 18.3. The van der Waals surface area contributed by atoms with Crippen LogP contribution in [0.5, 0.6) is 0 Å². The average molecular weight is 473 g/mol. The third kappa shape index (κ3) is 5.79. The van der Waals surface area contributed by atoms with Crippen molar-refractivity contribution in [3.8, 4) is 11.8 Å². The summed E-state index contributed by atoms with van der Waals surface area (Å²) in [4.78, 5) is 12.4. The predicted octanol–water partition coefficient (Wildman–Crippen LogP) is 5.20. The molecule has 0 bridgehead atoms. The normalized spacial score (nSPS) is 10.5. The van der Waals surface area contributed by atoms with Crippen LogP contribution in [0.4, 0.5) is 14.9 Å². The number of benzene rings is 3. The van der Waals surface area contributed by atoms with Gasteiger partial charge in [-0.05, 0) is 61.0 Å². The van der Waals surface area contributed by atoms with Gasteiger partial charge in [0, 0.05) is 17.1 Å². The smallest absolute Gasteiger partial charge is 0.319 e. The van der Waals surface area contributed by atoms with Crippen molar-refractivity contribution in [2.75, 3.05) is 5.32 Å². The first-order valence-electron chi connectivity index (χ1n) is 10.5. The highest BCUT2D eigenvalue weighted by Crippen LogP contribution is 2.25. The summed E-state index contributed by atoms with van der Waals surface area (Å²) in [6, 6.07) is 22.5. The van der Waals surface area contributed by atoms with Gasteiger partial charge in [-0.1, -0.05) is 41.6 Å². The molecule has 34 heavy (non-hydrogen) atoms. The number of hydrogen-bond donors (Lipinski definition) is 2. The monoisotopic (exact) mass is 472 g/mol. The molecule has 0 aliphatic rings. The summed E-state index contributed by atoms with van der Waals surface area (Å²) in [7, 11) is 0. The molecule has 3 aromatic carbocycles. The fourth-order valence-corrected chi connectivity index (χ4v) is 4.08. The SMILES string of the molecule is Cc1ccc(-n2c(CNC(=O)Nc3ccc(C#N)cc3)nnc2SCc2ccc(F)cc2)cc1. The summed E-state index contributed by atoms with van der Waals surface area (Å²) in [5.74, 6) is 0.890. The number of carbonyl (C=O) groups is 1. The number of thioether (sulfide) groups is 1. The molecule has 0 atom stereocenters. The van der Waals surface area contributed by atoms with Crippen LogP contribution in [-0.4, -0.2) is 20.8 Å². The Labute approximate surface area is 200 Å². The number of rotatable bonds is 7. The second-order valence-electron chi connectivity index (χ2n) is 7.48. The molecule has 0 saturated heterocycles. The van der Waals surface area contributed by atoms with Crippen LogP contribution in [0.3, 0.4) is 0 Å². The Kier molecular flexibility index (Phi) is 7.20. The Morgan fingerprint density at radius 3 is 2.41 bits per heavy atom. The molecule has 0 aliphatic heterocycles. The van der Waals surface area contributed by atoms with Crippen LogP contribution in [0.25, 0.3) is 5.69 Å². The fraction of sp³-hybridized carbons (Fsp3) is 0.120. The molecule has 4 aromatic rings. The first-order chi connectivity index (χ1) is 16.5. The molecular formula is C25H21FN6OS. The van der Waals surface area contributed by atoms with Crippen molar-refractivity contribution in [1.29, 1.82) is 5.26 Å². The molecule has 1 aromatic heterocycles. The summed E-state index contributed by atoms with van der Waals surface area (Å²) in [6.07, 6.45) is 0. The zero-order chi connectivity index (χ0) is 23.9. The third-order valence-corrected chi connectivity index (χ3v) is 5.95. The molecule has 7 nitrogen and oxygen atoms in total. The average Bonchev–Trinajstić information content (AvgIpc) is 3.26.